The second-order valence-corrected chi connectivity index (χ2v) is 5.38. The van der Waals surface area contributed by atoms with Gasteiger partial charge >= 0.3 is 0 Å². The molecule has 1 aromatic carbocycles. The summed E-state index contributed by atoms with van der Waals surface area (Å²) in [5, 5.41) is 0. The Bertz CT molecular complexity index is 754. The standard InChI is InChI=1S/C15H13N3O2S/c19-21(20)10-12-6-7-15(17-8-12)18-11-16-9-14(18)13-4-2-1-3-5-13/h1-9,11H,10H2,(H,19,20)/p-1. The van der Waals surface area contributed by atoms with Gasteiger partial charge in [-0.25, -0.2) is 9.97 Å². The molecule has 2 heterocycles. The zero-order chi connectivity index (χ0) is 14.7. The number of hydrogen-bond acceptors (Lipinski definition) is 4. The fraction of sp³-hybridized carbons (Fsp3) is 0.0667. The van der Waals surface area contributed by atoms with Crippen LogP contribution in [0.2, 0.25) is 0 Å². The Hall–Kier alpha value is -2.31. The molecule has 0 amide bonds. The summed E-state index contributed by atoms with van der Waals surface area (Å²) >= 11 is -2.10. The lowest BCUT2D eigenvalue weighted by atomic mass is 10.2. The van der Waals surface area contributed by atoms with Gasteiger partial charge in [-0.05, 0) is 11.6 Å². The molecule has 0 saturated carbocycles. The van der Waals surface area contributed by atoms with Gasteiger partial charge in [0.1, 0.15) is 12.1 Å². The van der Waals surface area contributed by atoms with E-state index in [-0.39, 0.29) is 5.75 Å². The number of hydrogen-bond donors (Lipinski definition) is 0. The highest BCUT2D eigenvalue weighted by Gasteiger charge is 2.07. The molecule has 0 spiro atoms. The van der Waals surface area contributed by atoms with Crippen LogP contribution >= 0.6 is 0 Å². The molecule has 3 rings (SSSR count). The Balaban J connectivity index is 1.95. The first-order valence-electron chi connectivity index (χ1n) is 6.33. The van der Waals surface area contributed by atoms with E-state index in [0.717, 1.165) is 11.3 Å². The summed E-state index contributed by atoms with van der Waals surface area (Å²) in [6, 6.07) is 13.4. The monoisotopic (exact) mass is 298 g/mol. The number of imidazole rings is 1. The van der Waals surface area contributed by atoms with Crippen molar-refractivity contribution in [3.63, 3.8) is 0 Å². The second kappa shape index (κ2) is 5.99. The highest BCUT2D eigenvalue weighted by atomic mass is 32.2. The predicted octanol–water partition coefficient (Wildman–Crippen LogP) is 2.31. The molecule has 1 atom stereocenters. The van der Waals surface area contributed by atoms with E-state index >= 15 is 0 Å². The first kappa shape index (κ1) is 13.7. The maximum Gasteiger partial charge on any atom is 0.138 e. The van der Waals surface area contributed by atoms with Gasteiger partial charge in [0.25, 0.3) is 0 Å². The predicted molar refractivity (Wildman–Crippen MR) is 79.4 cm³/mol. The maximum absolute atomic E-state index is 10.7. The van der Waals surface area contributed by atoms with Crippen molar-refractivity contribution in [1.82, 2.24) is 14.5 Å². The van der Waals surface area contributed by atoms with E-state index < -0.39 is 11.1 Å². The molecule has 6 heteroatoms. The molecule has 0 fully saturated rings. The topological polar surface area (TPSA) is 70.8 Å². The summed E-state index contributed by atoms with van der Waals surface area (Å²) in [6.07, 6.45) is 5.04. The lowest BCUT2D eigenvalue weighted by molar-refractivity contribution is 0.536. The lowest BCUT2D eigenvalue weighted by Crippen LogP contribution is -2.00. The number of aromatic nitrogens is 3. The molecule has 0 saturated heterocycles. The van der Waals surface area contributed by atoms with Crippen LogP contribution in [-0.2, 0) is 16.8 Å². The van der Waals surface area contributed by atoms with Crippen molar-refractivity contribution in [2.75, 3.05) is 0 Å². The van der Waals surface area contributed by atoms with E-state index in [1.54, 1.807) is 30.9 Å². The van der Waals surface area contributed by atoms with Crippen LogP contribution in [0.3, 0.4) is 0 Å². The van der Waals surface area contributed by atoms with Gasteiger partial charge in [-0.2, -0.15) is 0 Å². The zero-order valence-electron chi connectivity index (χ0n) is 11.0. The van der Waals surface area contributed by atoms with Gasteiger partial charge < -0.3 is 4.55 Å². The van der Waals surface area contributed by atoms with Crippen molar-refractivity contribution < 1.29 is 8.76 Å². The first-order chi connectivity index (χ1) is 10.2. The van der Waals surface area contributed by atoms with Crippen LogP contribution in [0.5, 0.6) is 0 Å². The van der Waals surface area contributed by atoms with Crippen LogP contribution < -0.4 is 0 Å². The zero-order valence-corrected chi connectivity index (χ0v) is 11.9. The Morgan fingerprint density at radius 3 is 2.57 bits per heavy atom. The highest BCUT2D eigenvalue weighted by molar-refractivity contribution is 7.78. The van der Waals surface area contributed by atoms with E-state index in [2.05, 4.69) is 9.97 Å². The first-order valence-corrected chi connectivity index (χ1v) is 7.57. The third-order valence-corrected chi connectivity index (χ3v) is 3.62. The van der Waals surface area contributed by atoms with Crippen LogP contribution in [0.4, 0.5) is 0 Å². The van der Waals surface area contributed by atoms with Gasteiger partial charge in [-0.3, -0.25) is 8.78 Å². The Labute approximate surface area is 124 Å². The summed E-state index contributed by atoms with van der Waals surface area (Å²) < 4.78 is 23.2. The number of rotatable bonds is 4. The van der Waals surface area contributed by atoms with Crippen molar-refractivity contribution in [3.05, 3.63) is 66.7 Å². The lowest BCUT2D eigenvalue weighted by Gasteiger charge is -2.09. The molecule has 5 nitrogen and oxygen atoms in total. The van der Waals surface area contributed by atoms with Crippen molar-refractivity contribution in [3.8, 4) is 17.1 Å². The number of nitrogens with zero attached hydrogens (tertiary/aromatic N) is 3. The van der Waals surface area contributed by atoms with Crippen molar-refractivity contribution in [1.29, 1.82) is 0 Å². The highest BCUT2D eigenvalue weighted by Crippen LogP contribution is 2.21. The maximum atomic E-state index is 10.7. The Morgan fingerprint density at radius 2 is 1.90 bits per heavy atom. The SMILES string of the molecule is O=S([O-])Cc1ccc(-n2cncc2-c2ccccc2)nc1. The number of benzene rings is 1. The van der Waals surface area contributed by atoms with Crippen LogP contribution in [0.1, 0.15) is 5.56 Å². The molecule has 0 N–H and O–H groups in total. The van der Waals surface area contributed by atoms with Gasteiger partial charge in [-0.1, -0.05) is 47.5 Å². The fourth-order valence-electron chi connectivity index (χ4n) is 2.08. The van der Waals surface area contributed by atoms with Crippen molar-refractivity contribution >= 4 is 11.1 Å². The third kappa shape index (κ3) is 3.07. The molecule has 0 aliphatic heterocycles. The van der Waals surface area contributed by atoms with E-state index in [1.807, 2.05) is 34.9 Å². The molecule has 2 aromatic heterocycles. The minimum Gasteiger partial charge on any atom is -0.772 e. The van der Waals surface area contributed by atoms with Gasteiger partial charge in [0.05, 0.1) is 11.9 Å². The summed E-state index contributed by atoms with van der Waals surface area (Å²) in [7, 11) is 0. The van der Waals surface area contributed by atoms with Crippen molar-refractivity contribution in [2.24, 2.45) is 0 Å². The van der Waals surface area contributed by atoms with Gasteiger partial charge in [0.2, 0.25) is 0 Å². The van der Waals surface area contributed by atoms with Crippen molar-refractivity contribution in [2.45, 2.75) is 5.75 Å². The normalized spacial score (nSPS) is 12.2. The third-order valence-electron chi connectivity index (χ3n) is 3.05. The summed E-state index contributed by atoms with van der Waals surface area (Å²) in [5.41, 5.74) is 2.64. The van der Waals surface area contributed by atoms with E-state index in [0.29, 0.717) is 11.4 Å². The summed E-state index contributed by atoms with van der Waals surface area (Å²) in [4.78, 5) is 8.48. The molecule has 0 aliphatic carbocycles. The minimum absolute atomic E-state index is 0.0250. The average molecular weight is 298 g/mol. The molecular weight excluding hydrogens is 286 g/mol. The smallest absolute Gasteiger partial charge is 0.138 e. The quantitative estimate of drug-likeness (QED) is 0.693. The average Bonchev–Trinajstić information content (AvgIpc) is 2.98. The van der Waals surface area contributed by atoms with Crippen LogP contribution in [-0.4, -0.2) is 23.3 Å². The molecule has 21 heavy (non-hydrogen) atoms. The number of pyridine rings is 1. The summed E-state index contributed by atoms with van der Waals surface area (Å²) in [5.74, 6) is 0.676. The molecule has 0 radical (unpaired) electrons. The van der Waals surface area contributed by atoms with Gasteiger partial charge in [0.15, 0.2) is 0 Å². The molecule has 3 aromatic rings. The van der Waals surface area contributed by atoms with Gasteiger partial charge in [0, 0.05) is 17.5 Å². The Morgan fingerprint density at radius 1 is 1.10 bits per heavy atom. The molecular formula is C15H12N3O2S-. The molecule has 1 unspecified atom stereocenters. The summed E-state index contributed by atoms with van der Waals surface area (Å²) in [6.45, 7) is 0. The van der Waals surface area contributed by atoms with E-state index in [1.165, 1.54) is 0 Å². The largest absolute Gasteiger partial charge is 0.772 e. The van der Waals surface area contributed by atoms with Crippen LogP contribution in [0, 0.1) is 0 Å². The molecule has 0 bridgehead atoms. The van der Waals surface area contributed by atoms with E-state index in [4.69, 9.17) is 0 Å². The fourth-order valence-corrected chi connectivity index (χ4v) is 2.52. The van der Waals surface area contributed by atoms with Crippen LogP contribution in [0.15, 0.2) is 61.2 Å². The second-order valence-electron chi connectivity index (χ2n) is 4.49. The van der Waals surface area contributed by atoms with E-state index in [9.17, 15) is 8.76 Å². The molecule has 0 aliphatic rings. The minimum atomic E-state index is -2.10. The van der Waals surface area contributed by atoms with Crippen LogP contribution in [0.25, 0.3) is 17.1 Å². The van der Waals surface area contributed by atoms with Gasteiger partial charge in [-0.15, -0.1) is 0 Å². The molecule has 106 valence electrons. The Kier molecular flexibility index (Phi) is 3.89.